The zero-order chi connectivity index (χ0) is 12.7. The van der Waals surface area contributed by atoms with Crippen LogP contribution in [0.3, 0.4) is 0 Å². The maximum Gasteiger partial charge on any atom is 0.166 e. The lowest BCUT2D eigenvalue weighted by Crippen LogP contribution is -2.18. The van der Waals surface area contributed by atoms with E-state index in [4.69, 9.17) is 5.73 Å². The summed E-state index contributed by atoms with van der Waals surface area (Å²) in [5.41, 5.74) is 9.03. The third-order valence-electron chi connectivity index (χ3n) is 3.65. The van der Waals surface area contributed by atoms with Gasteiger partial charge >= 0.3 is 0 Å². The molecular weight excluding hydrogens is 224 g/mol. The lowest BCUT2D eigenvalue weighted by atomic mass is 10.00. The van der Waals surface area contributed by atoms with Crippen molar-refractivity contribution in [2.24, 2.45) is 5.92 Å². The number of anilines is 1. The van der Waals surface area contributed by atoms with Gasteiger partial charge in [0, 0.05) is 24.2 Å². The molecule has 3 rings (SSSR count). The molecule has 0 aliphatic carbocycles. The summed E-state index contributed by atoms with van der Waals surface area (Å²) in [5, 5.41) is 8.65. The summed E-state index contributed by atoms with van der Waals surface area (Å²) in [7, 11) is 0. The van der Waals surface area contributed by atoms with Gasteiger partial charge in [-0.15, -0.1) is 10.2 Å². The molecule has 4 nitrogen and oxygen atoms in total. The monoisotopic (exact) mass is 242 g/mol. The molecule has 1 aliphatic rings. The van der Waals surface area contributed by atoms with Crippen molar-refractivity contribution in [1.29, 1.82) is 0 Å². The average molecular weight is 242 g/mol. The first-order chi connectivity index (χ1) is 8.65. The summed E-state index contributed by atoms with van der Waals surface area (Å²) in [6.45, 7) is 5.32. The molecule has 2 N–H and O–H groups in total. The minimum Gasteiger partial charge on any atom is -0.398 e. The number of aromatic nitrogens is 3. The van der Waals surface area contributed by atoms with E-state index >= 15 is 0 Å². The van der Waals surface area contributed by atoms with Gasteiger partial charge in [0.15, 0.2) is 5.82 Å². The van der Waals surface area contributed by atoms with Crippen LogP contribution in [0.15, 0.2) is 18.2 Å². The van der Waals surface area contributed by atoms with Crippen molar-refractivity contribution in [2.45, 2.75) is 33.2 Å². The molecule has 0 bridgehead atoms. The summed E-state index contributed by atoms with van der Waals surface area (Å²) in [4.78, 5) is 0. The molecule has 94 valence electrons. The molecule has 0 fully saturated rings. The van der Waals surface area contributed by atoms with Gasteiger partial charge in [-0.05, 0) is 31.4 Å². The molecule has 2 aromatic rings. The van der Waals surface area contributed by atoms with Gasteiger partial charge in [0.05, 0.1) is 0 Å². The molecule has 0 saturated carbocycles. The number of nitrogens with two attached hydrogens (primary N) is 1. The Bertz CT molecular complexity index is 585. The number of hydrogen-bond donors (Lipinski definition) is 1. The quantitative estimate of drug-likeness (QED) is 0.781. The fourth-order valence-electron chi connectivity index (χ4n) is 2.55. The largest absolute Gasteiger partial charge is 0.398 e. The zero-order valence-electron chi connectivity index (χ0n) is 10.8. The molecule has 0 spiro atoms. The normalized spacial score (nSPS) is 18.7. The molecule has 1 unspecified atom stereocenters. The Labute approximate surface area is 107 Å². The smallest absolute Gasteiger partial charge is 0.166 e. The van der Waals surface area contributed by atoms with Crippen LogP contribution in [0.1, 0.15) is 24.7 Å². The summed E-state index contributed by atoms with van der Waals surface area (Å²) >= 11 is 0. The minimum absolute atomic E-state index is 0.699. The van der Waals surface area contributed by atoms with Crippen molar-refractivity contribution >= 4 is 5.69 Å². The van der Waals surface area contributed by atoms with E-state index in [1.54, 1.807) is 0 Å². The molecule has 0 saturated heterocycles. The summed E-state index contributed by atoms with van der Waals surface area (Å²) in [6, 6.07) is 6.05. The van der Waals surface area contributed by atoms with Crippen LogP contribution in [0, 0.1) is 12.8 Å². The lowest BCUT2D eigenvalue weighted by molar-refractivity contribution is 0.411. The molecule has 18 heavy (non-hydrogen) atoms. The van der Waals surface area contributed by atoms with E-state index in [-0.39, 0.29) is 0 Å². The van der Waals surface area contributed by atoms with Crippen LogP contribution < -0.4 is 5.73 Å². The number of nitrogen functional groups attached to an aromatic ring is 1. The molecule has 1 aromatic heterocycles. The summed E-state index contributed by atoms with van der Waals surface area (Å²) in [6.07, 6.45) is 2.20. The van der Waals surface area contributed by atoms with E-state index < -0.39 is 0 Å². The third-order valence-corrected chi connectivity index (χ3v) is 3.65. The first kappa shape index (κ1) is 11.3. The van der Waals surface area contributed by atoms with Crippen molar-refractivity contribution in [3.05, 3.63) is 29.6 Å². The molecule has 4 heteroatoms. The van der Waals surface area contributed by atoms with Gasteiger partial charge in [-0.3, -0.25) is 0 Å². The fourth-order valence-corrected chi connectivity index (χ4v) is 2.55. The number of hydrogen-bond acceptors (Lipinski definition) is 3. The molecule has 0 radical (unpaired) electrons. The van der Waals surface area contributed by atoms with Crippen LogP contribution in [0.4, 0.5) is 5.69 Å². The Morgan fingerprint density at radius 1 is 1.33 bits per heavy atom. The highest BCUT2D eigenvalue weighted by atomic mass is 15.3. The lowest BCUT2D eigenvalue weighted by Gasteiger charge is -2.20. The number of benzene rings is 1. The van der Waals surface area contributed by atoms with Crippen molar-refractivity contribution in [3.63, 3.8) is 0 Å². The average Bonchev–Trinajstić information content (AvgIpc) is 2.75. The first-order valence-corrected chi connectivity index (χ1v) is 6.43. The predicted octanol–water partition coefficient (Wildman–Crippen LogP) is 2.42. The number of rotatable bonds is 1. The van der Waals surface area contributed by atoms with E-state index in [1.807, 2.05) is 12.1 Å². The summed E-state index contributed by atoms with van der Waals surface area (Å²) < 4.78 is 2.21. The van der Waals surface area contributed by atoms with Crippen molar-refractivity contribution < 1.29 is 0 Å². The molecule has 2 heterocycles. The van der Waals surface area contributed by atoms with Crippen LogP contribution in [0.25, 0.3) is 11.4 Å². The zero-order valence-corrected chi connectivity index (χ0v) is 10.8. The molecule has 0 amide bonds. The van der Waals surface area contributed by atoms with Gasteiger partial charge in [0.2, 0.25) is 0 Å². The van der Waals surface area contributed by atoms with E-state index in [1.165, 1.54) is 12.0 Å². The Morgan fingerprint density at radius 2 is 2.17 bits per heavy atom. The van der Waals surface area contributed by atoms with Crippen LogP contribution in [0.5, 0.6) is 0 Å². The Balaban J connectivity index is 2.10. The van der Waals surface area contributed by atoms with Gasteiger partial charge < -0.3 is 10.3 Å². The highest BCUT2D eigenvalue weighted by Crippen LogP contribution is 2.29. The second-order valence-corrected chi connectivity index (χ2v) is 5.28. The van der Waals surface area contributed by atoms with Gasteiger partial charge in [0.1, 0.15) is 5.82 Å². The molecule has 1 atom stereocenters. The Morgan fingerprint density at radius 3 is 3.00 bits per heavy atom. The van der Waals surface area contributed by atoms with Crippen molar-refractivity contribution in [2.75, 3.05) is 5.73 Å². The number of nitrogens with zero attached hydrogens (tertiary/aromatic N) is 3. The van der Waals surface area contributed by atoms with Gasteiger partial charge in [-0.2, -0.15) is 0 Å². The standard InChI is InChI=1S/C14H18N4/c1-9-3-4-12(15)11(7-9)14-17-16-13-8-10(2)5-6-18(13)14/h3-4,7,10H,5-6,8,15H2,1-2H3. The Kier molecular flexibility index (Phi) is 2.58. The fraction of sp³-hybridized carbons (Fsp3) is 0.429. The highest BCUT2D eigenvalue weighted by Gasteiger charge is 2.21. The van der Waals surface area contributed by atoms with Gasteiger partial charge in [-0.1, -0.05) is 18.6 Å². The van der Waals surface area contributed by atoms with Gasteiger partial charge in [-0.25, -0.2) is 0 Å². The van der Waals surface area contributed by atoms with E-state index in [9.17, 15) is 0 Å². The van der Waals surface area contributed by atoms with Gasteiger partial charge in [0.25, 0.3) is 0 Å². The van der Waals surface area contributed by atoms with Crippen LogP contribution in [-0.4, -0.2) is 14.8 Å². The molecule has 1 aliphatic heterocycles. The van der Waals surface area contributed by atoms with E-state index in [0.29, 0.717) is 5.92 Å². The van der Waals surface area contributed by atoms with E-state index in [2.05, 4.69) is 34.7 Å². The maximum absolute atomic E-state index is 6.06. The molecular formula is C14H18N4. The SMILES string of the molecule is Cc1ccc(N)c(-c2nnc3n2CCC(C)C3)c1. The second-order valence-electron chi connectivity index (χ2n) is 5.28. The van der Waals surface area contributed by atoms with Crippen molar-refractivity contribution in [1.82, 2.24) is 14.8 Å². The van der Waals surface area contributed by atoms with Crippen LogP contribution in [-0.2, 0) is 13.0 Å². The van der Waals surface area contributed by atoms with Crippen molar-refractivity contribution in [3.8, 4) is 11.4 Å². The first-order valence-electron chi connectivity index (χ1n) is 6.43. The maximum atomic E-state index is 6.06. The topological polar surface area (TPSA) is 56.7 Å². The summed E-state index contributed by atoms with van der Waals surface area (Å²) in [5.74, 6) is 2.70. The minimum atomic E-state index is 0.699. The third kappa shape index (κ3) is 1.78. The van der Waals surface area contributed by atoms with Crippen LogP contribution in [0.2, 0.25) is 0 Å². The Hall–Kier alpha value is -1.84. The predicted molar refractivity (Wildman–Crippen MR) is 72.1 cm³/mol. The second kappa shape index (κ2) is 4.12. The highest BCUT2D eigenvalue weighted by molar-refractivity contribution is 5.72. The van der Waals surface area contributed by atoms with Crippen LogP contribution >= 0.6 is 0 Å². The van der Waals surface area contributed by atoms with E-state index in [0.717, 1.165) is 35.9 Å². The number of fused-ring (bicyclic) bond motifs is 1. The number of aryl methyl sites for hydroxylation is 1. The molecule has 1 aromatic carbocycles.